The Kier molecular flexibility index (Phi) is 6.94. The van der Waals surface area contributed by atoms with Gasteiger partial charge >= 0.3 is 0 Å². The molecule has 2 fully saturated rings. The van der Waals surface area contributed by atoms with Gasteiger partial charge in [-0.1, -0.05) is 30.3 Å². The molecule has 0 spiro atoms. The second kappa shape index (κ2) is 10.4. The smallest absolute Gasteiger partial charge is 0.226 e. The van der Waals surface area contributed by atoms with Gasteiger partial charge in [0.1, 0.15) is 17.5 Å². The Morgan fingerprint density at radius 3 is 2.60 bits per heavy atom. The molecule has 0 bridgehead atoms. The zero-order valence-electron chi connectivity index (χ0n) is 20.6. The lowest BCUT2D eigenvalue weighted by Gasteiger charge is -2.33. The number of hydrogen-bond donors (Lipinski definition) is 2. The minimum Gasteiger partial charge on any atom is -0.354 e. The first-order valence-electron chi connectivity index (χ1n) is 12.4. The average Bonchev–Trinajstić information content (AvgIpc) is 3.49. The van der Waals surface area contributed by atoms with Gasteiger partial charge in [0.2, 0.25) is 5.91 Å². The van der Waals surface area contributed by atoms with Gasteiger partial charge in [0.05, 0.1) is 6.42 Å². The quantitative estimate of drug-likeness (QED) is 0.544. The highest BCUT2D eigenvalue weighted by molar-refractivity contribution is 5.79. The van der Waals surface area contributed by atoms with Crippen LogP contribution in [0.2, 0.25) is 0 Å². The molecule has 1 atom stereocenters. The molecule has 9 nitrogen and oxygen atoms in total. The van der Waals surface area contributed by atoms with Gasteiger partial charge in [-0.05, 0) is 31.9 Å². The summed E-state index contributed by atoms with van der Waals surface area (Å²) in [6.45, 7) is 7.45. The van der Waals surface area contributed by atoms with E-state index in [2.05, 4.69) is 32.4 Å². The fraction of sp³-hybridized carbons (Fsp3) is 0.462. The molecule has 0 saturated carbocycles. The maximum Gasteiger partial charge on any atom is 0.226 e. The van der Waals surface area contributed by atoms with Gasteiger partial charge in [0.15, 0.2) is 5.82 Å². The van der Waals surface area contributed by atoms with E-state index < -0.39 is 0 Å². The molecule has 2 saturated heterocycles. The number of amides is 1. The molecule has 3 aromatic rings. The third kappa shape index (κ3) is 5.97. The molecule has 1 aromatic carbocycles. The molecule has 2 aliphatic rings. The Bertz CT molecular complexity index is 1140. The number of hydrogen-bond acceptors (Lipinski definition) is 7. The summed E-state index contributed by atoms with van der Waals surface area (Å²) in [4.78, 5) is 29.3. The fourth-order valence-corrected chi connectivity index (χ4v) is 4.82. The van der Waals surface area contributed by atoms with Gasteiger partial charge in [-0.3, -0.25) is 9.89 Å². The molecule has 0 radical (unpaired) electrons. The summed E-state index contributed by atoms with van der Waals surface area (Å²) in [5.41, 5.74) is 2.06. The van der Waals surface area contributed by atoms with Crippen LogP contribution in [0.4, 0.5) is 17.5 Å². The number of nitrogens with one attached hydrogen (secondary N) is 2. The van der Waals surface area contributed by atoms with Crippen molar-refractivity contribution in [2.24, 2.45) is 5.92 Å². The number of rotatable bonds is 7. The molecule has 9 heteroatoms. The molecular weight excluding hydrogens is 440 g/mol. The second-order valence-corrected chi connectivity index (χ2v) is 9.74. The van der Waals surface area contributed by atoms with Gasteiger partial charge < -0.3 is 20.0 Å². The number of aryl methyl sites for hydroxylation is 1. The lowest BCUT2D eigenvalue weighted by atomic mass is 10.0. The summed E-state index contributed by atoms with van der Waals surface area (Å²) in [6.07, 6.45) is 2.19. The van der Waals surface area contributed by atoms with Gasteiger partial charge in [-0.15, -0.1) is 0 Å². The highest BCUT2D eigenvalue weighted by Gasteiger charge is 2.27. The summed E-state index contributed by atoms with van der Waals surface area (Å²) in [6, 6.07) is 13.9. The second-order valence-electron chi connectivity index (χ2n) is 9.74. The Morgan fingerprint density at radius 2 is 1.86 bits per heavy atom. The minimum atomic E-state index is 0.196. The number of anilines is 3. The number of aromatic nitrogens is 4. The van der Waals surface area contributed by atoms with Crippen LogP contribution >= 0.6 is 0 Å². The van der Waals surface area contributed by atoms with Crippen LogP contribution < -0.4 is 10.2 Å². The van der Waals surface area contributed by atoms with Crippen molar-refractivity contribution in [3.63, 3.8) is 0 Å². The SMILES string of the molecule is Cc1cc(Nc2cc(N3CCN(C)CC3)nc(CC3CCN(C(=O)Cc4ccccc4)C3)n2)n[nH]1. The predicted molar refractivity (Wildman–Crippen MR) is 137 cm³/mol. The standard InChI is InChI=1S/C26H34N8O/c1-19-14-24(31-30-19)28-23-17-25(33-12-10-32(2)11-13-33)29-22(27-23)15-21-8-9-34(18-21)26(35)16-20-6-4-3-5-7-20/h3-7,14,17,21H,8-13,15-16,18H2,1-2H3,(H2,27,28,29,30,31). The van der Waals surface area contributed by atoms with Crippen LogP contribution in [0, 0.1) is 12.8 Å². The van der Waals surface area contributed by atoms with Crippen LogP contribution in [0.3, 0.4) is 0 Å². The van der Waals surface area contributed by atoms with Gasteiger partial charge in [-0.2, -0.15) is 5.10 Å². The zero-order chi connectivity index (χ0) is 24.2. The predicted octanol–water partition coefficient (Wildman–Crippen LogP) is 2.64. The van der Waals surface area contributed by atoms with Crippen LogP contribution in [0.1, 0.15) is 23.5 Å². The van der Waals surface area contributed by atoms with Crippen molar-refractivity contribution in [2.45, 2.75) is 26.2 Å². The van der Waals surface area contributed by atoms with Crippen molar-refractivity contribution in [1.29, 1.82) is 0 Å². The third-order valence-corrected chi connectivity index (χ3v) is 6.86. The van der Waals surface area contributed by atoms with Crippen molar-refractivity contribution < 1.29 is 4.79 Å². The van der Waals surface area contributed by atoms with E-state index in [0.717, 1.165) is 86.6 Å². The van der Waals surface area contributed by atoms with Gasteiger partial charge in [0, 0.05) is 63.5 Å². The molecule has 2 N–H and O–H groups in total. The number of benzene rings is 1. The molecule has 184 valence electrons. The van der Waals surface area contributed by atoms with Crippen LogP contribution in [0.15, 0.2) is 42.5 Å². The zero-order valence-corrected chi connectivity index (χ0v) is 20.6. The van der Waals surface area contributed by atoms with E-state index >= 15 is 0 Å². The van der Waals surface area contributed by atoms with Crippen LogP contribution in [0.5, 0.6) is 0 Å². The van der Waals surface area contributed by atoms with Crippen LogP contribution in [-0.2, 0) is 17.6 Å². The Morgan fingerprint density at radius 1 is 1.06 bits per heavy atom. The molecule has 1 unspecified atom stereocenters. The largest absolute Gasteiger partial charge is 0.354 e. The first-order valence-corrected chi connectivity index (χ1v) is 12.4. The normalized spacial score (nSPS) is 18.7. The summed E-state index contributed by atoms with van der Waals surface area (Å²) < 4.78 is 0. The maximum atomic E-state index is 12.8. The molecular formula is C26H34N8O. The van der Waals surface area contributed by atoms with Gasteiger partial charge in [-0.25, -0.2) is 9.97 Å². The maximum absolute atomic E-state index is 12.8. The summed E-state index contributed by atoms with van der Waals surface area (Å²) in [5, 5.41) is 10.6. The number of carbonyl (C=O) groups excluding carboxylic acids is 1. The molecule has 0 aliphatic carbocycles. The molecule has 35 heavy (non-hydrogen) atoms. The summed E-state index contributed by atoms with van der Waals surface area (Å²) in [5.74, 6) is 3.83. The third-order valence-electron chi connectivity index (χ3n) is 6.86. The van der Waals surface area contributed by atoms with E-state index in [1.165, 1.54) is 0 Å². The number of H-pyrrole nitrogens is 1. The first kappa shape index (κ1) is 23.3. The Hall–Kier alpha value is -3.46. The number of carbonyl (C=O) groups is 1. The molecule has 2 aliphatic heterocycles. The average molecular weight is 475 g/mol. The van der Waals surface area contributed by atoms with E-state index in [0.29, 0.717) is 12.3 Å². The topological polar surface area (TPSA) is 93.3 Å². The lowest BCUT2D eigenvalue weighted by molar-refractivity contribution is -0.129. The van der Waals surface area contributed by atoms with Crippen molar-refractivity contribution in [3.05, 3.63) is 59.5 Å². The minimum absolute atomic E-state index is 0.196. The monoisotopic (exact) mass is 474 g/mol. The lowest BCUT2D eigenvalue weighted by Crippen LogP contribution is -2.45. The summed E-state index contributed by atoms with van der Waals surface area (Å²) >= 11 is 0. The number of likely N-dealkylation sites (N-methyl/N-ethyl adjacent to an activating group) is 1. The van der Waals surface area contributed by atoms with Crippen molar-refractivity contribution in [3.8, 4) is 0 Å². The number of likely N-dealkylation sites (tertiary alicyclic amines) is 1. The molecule has 5 rings (SSSR count). The van der Waals surface area contributed by atoms with E-state index in [-0.39, 0.29) is 5.91 Å². The van der Waals surface area contributed by atoms with Gasteiger partial charge in [0.25, 0.3) is 0 Å². The first-order chi connectivity index (χ1) is 17.0. The van der Waals surface area contributed by atoms with E-state index in [9.17, 15) is 4.79 Å². The van der Waals surface area contributed by atoms with Crippen LogP contribution in [0.25, 0.3) is 0 Å². The van der Waals surface area contributed by atoms with Crippen LogP contribution in [-0.4, -0.2) is 82.2 Å². The van der Waals surface area contributed by atoms with Crippen molar-refractivity contribution >= 4 is 23.4 Å². The fourth-order valence-electron chi connectivity index (χ4n) is 4.82. The highest BCUT2D eigenvalue weighted by Crippen LogP contribution is 2.25. The van der Waals surface area contributed by atoms with Crippen molar-refractivity contribution in [2.75, 3.05) is 56.5 Å². The number of aromatic amines is 1. The molecule has 1 amide bonds. The number of piperazine rings is 1. The van der Waals surface area contributed by atoms with E-state index in [1.54, 1.807) is 0 Å². The van der Waals surface area contributed by atoms with E-state index in [4.69, 9.17) is 9.97 Å². The van der Waals surface area contributed by atoms with E-state index in [1.807, 2.05) is 54.3 Å². The highest BCUT2D eigenvalue weighted by atomic mass is 16.2. The molecule has 2 aromatic heterocycles. The molecule has 4 heterocycles. The Balaban J connectivity index is 1.28. The van der Waals surface area contributed by atoms with Crippen molar-refractivity contribution in [1.82, 2.24) is 30.0 Å². The number of nitrogens with zero attached hydrogens (tertiary/aromatic N) is 6. The Labute approximate surface area is 206 Å². The summed E-state index contributed by atoms with van der Waals surface area (Å²) in [7, 11) is 2.15.